The van der Waals surface area contributed by atoms with Crippen LogP contribution in [-0.4, -0.2) is 44.0 Å². The summed E-state index contributed by atoms with van der Waals surface area (Å²) in [5.41, 5.74) is 2.92. The molecule has 0 bridgehead atoms. The molecule has 4 heterocycles. The van der Waals surface area contributed by atoms with Crippen LogP contribution in [0.15, 0.2) is 41.1 Å². The number of nitrogens with zero attached hydrogens (tertiary/aromatic N) is 5. The first-order valence-electron chi connectivity index (χ1n) is 10.3. The van der Waals surface area contributed by atoms with Gasteiger partial charge in [-0.2, -0.15) is 4.98 Å². The zero-order valence-corrected chi connectivity index (χ0v) is 17.3. The molecule has 156 valence electrons. The molecule has 0 aromatic carbocycles. The third-order valence-corrected chi connectivity index (χ3v) is 5.23. The maximum absolute atomic E-state index is 12.7. The number of hydrogen-bond acceptors (Lipinski definition) is 7. The van der Waals surface area contributed by atoms with Crippen LogP contribution in [0.25, 0.3) is 0 Å². The molecule has 0 spiro atoms. The Kier molecular flexibility index (Phi) is 6.02. The van der Waals surface area contributed by atoms with Gasteiger partial charge in [0.25, 0.3) is 0 Å². The van der Waals surface area contributed by atoms with Crippen molar-refractivity contribution in [2.75, 3.05) is 18.4 Å². The van der Waals surface area contributed by atoms with Crippen LogP contribution >= 0.6 is 0 Å². The number of pyridine rings is 2. The van der Waals surface area contributed by atoms with Crippen LogP contribution in [0, 0.1) is 13.8 Å². The summed E-state index contributed by atoms with van der Waals surface area (Å²) in [4.78, 5) is 27.9. The van der Waals surface area contributed by atoms with Crippen LogP contribution in [0.2, 0.25) is 0 Å². The van der Waals surface area contributed by atoms with Gasteiger partial charge in [-0.3, -0.25) is 9.78 Å². The lowest BCUT2D eigenvalue weighted by atomic mass is 9.93. The topological polar surface area (TPSA) is 97.0 Å². The number of nitrogens with one attached hydrogen (secondary N) is 1. The summed E-state index contributed by atoms with van der Waals surface area (Å²) in [7, 11) is 0. The number of carbonyl (C=O) groups is 1. The predicted molar refractivity (Wildman–Crippen MR) is 112 cm³/mol. The van der Waals surface area contributed by atoms with Crippen LogP contribution < -0.4 is 5.32 Å². The quantitative estimate of drug-likeness (QED) is 0.668. The van der Waals surface area contributed by atoms with Gasteiger partial charge in [0.2, 0.25) is 11.8 Å². The lowest BCUT2D eigenvalue weighted by molar-refractivity contribution is -0.132. The lowest BCUT2D eigenvalue weighted by Gasteiger charge is -2.33. The van der Waals surface area contributed by atoms with Gasteiger partial charge >= 0.3 is 0 Å². The summed E-state index contributed by atoms with van der Waals surface area (Å²) in [6, 6.07) is 9.85. The number of hydrogen-bond donors (Lipinski definition) is 1. The molecule has 3 aromatic rings. The van der Waals surface area contributed by atoms with E-state index in [4.69, 9.17) is 9.51 Å². The summed E-state index contributed by atoms with van der Waals surface area (Å²) in [5, 5.41) is 7.12. The second-order valence-electron chi connectivity index (χ2n) is 7.68. The number of piperidine rings is 1. The normalized spacial score (nSPS) is 16.5. The molecule has 0 aliphatic carbocycles. The first kappa shape index (κ1) is 20.0. The third-order valence-electron chi connectivity index (χ3n) is 5.23. The van der Waals surface area contributed by atoms with Crippen LogP contribution in [0.4, 0.5) is 11.5 Å². The largest absolute Gasteiger partial charge is 0.342 e. The molecule has 1 aliphatic heterocycles. The van der Waals surface area contributed by atoms with Gasteiger partial charge in [-0.25, -0.2) is 4.98 Å². The number of amides is 1. The highest BCUT2D eigenvalue weighted by atomic mass is 16.5. The Bertz CT molecular complexity index is 1000. The second kappa shape index (κ2) is 9.02. The maximum atomic E-state index is 12.7. The SMILES string of the molecule is Cc1cc(Nc2ccccn2)cc([C@H]2CCCN(C(=O)CCc3nc(C)no3)C2)n1. The molecule has 8 heteroatoms. The van der Waals surface area contributed by atoms with Crippen molar-refractivity contribution in [3.8, 4) is 0 Å². The van der Waals surface area contributed by atoms with Gasteiger partial charge in [-0.1, -0.05) is 11.2 Å². The molecule has 1 N–H and O–H groups in total. The number of likely N-dealkylation sites (tertiary alicyclic amines) is 1. The monoisotopic (exact) mass is 406 g/mol. The minimum atomic E-state index is 0.120. The average molecular weight is 406 g/mol. The van der Waals surface area contributed by atoms with Crippen molar-refractivity contribution >= 4 is 17.4 Å². The molecule has 1 fully saturated rings. The Morgan fingerprint density at radius 3 is 2.93 bits per heavy atom. The fourth-order valence-corrected chi connectivity index (χ4v) is 3.82. The van der Waals surface area contributed by atoms with Gasteiger partial charge in [0.15, 0.2) is 5.82 Å². The fraction of sp³-hybridized carbons (Fsp3) is 0.409. The molecule has 1 amide bonds. The Morgan fingerprint density at radius 2 is 2.17 bits per heavy atom. The first-order valence-corrected chi connectivity index (χ1v) is 10.3. The van der Waals surface area contributed by atoms with E-state index >= 15 is 0 Å². The number of rotatable bonds is 6. The molecule has 0 unspecified atom stereocenters. The highest BCUT2D eigenvalue weighted by Crippen LogP contribution is 2.29. The molecule has 4 rings (SSSR count). The minimum Gasteiger partial charge on any atom is -0.342 e. The third kappa shape index (κ3) is 5.00. The van der Waals surface area contributed by atoms with E-state index in [1.807, 2.05) is 36.1 Å². The summed E-state index contributed by atoms with van der Waals surface area (Å²) in [6.45, 7) is 5.23. The molecular formula is C22H26N6O2. The maximum Gasteiger partial charge on any atom is 0.227 e. The number of carbonyl (C=O) groups excluding carboxylic acids is 1. The molecular weight excluding hydrogens is 380 g/mol. The van der Waals surface area contributed by atoms with E-state index < -0.39 is 0 Å². The average Bonchev–Trinajstić information content (AvgIpc) is 3.17. The van der Waals surface area contributed by atoms with Crippen molar-refractivity contribution in [3.63, 3.8) is 0 Å². The van der Waals surface area contributed by atoms with Crippen LogP contribution in [0.1, 0.15) is 48.3 Å². The molecule has 0 radical (unpaired) electrons. The fourth-order valence-electron chi connectivity index (χ4n) is 3.82. The smallest absolute Gasteiger partial charge is 0.227 e. The van der Waals surface area contributed by atoms with Crippen LogP contribution in [-0.2, 0) is 11.2 Å². The van der Waals surface area contributed by atoms with Crippen molar-refractivity contribution in [2.45, 2.75) is 45.4 Å². The van der Waals surface area contributed by atoms with E-state index in [9.17, 15) is 4.79 Å². The number of aryl methyl sites for hydroxylation is 3. The summed E-state index contributed by atoms with van der Waals surface area (Å²) < 4.78 is 5.11. The molecule has 8 nitrogen and oxygen atoms in total. The molecule has 1 atom stereocenters. The van der Waals surface area contributed by atoms with E-state index in [1.54, 1.807) is 13.1 Å². The number of anilines is 2. The highest BCUT2D eigenvalue weighted by Gasteiger charge is 2.26. The first-order chi connectivity index (χ1) is 14.6. The molecule has 1 saturated heterocycles. The summed E-state index contributed by atoms with van der Waals surface area (Å²) >= 11 is 0. The van der Waals surface area contributed by atoms with Crippen molar-refractivity contribution in [1.82, 2.24) is 25.0 Å². The summed E-state index contributed by atoms with van der Waals surface area (Å²) in [6.07, 6.45) is 4.60. The second-order valence-corrected chi connectivity index (χ2v) is 7.68. The van der Waals surface area contributed by atoms with Gasteiger partial charge in [0.1, 0.15) is 5.82 Å². The van der Waals surface area contributed by atoms with E-state index in [0.717, 1.165) is 42.3 Å². The molecule has 3 aromatic heterocycles. The number of aromatic nitrogens is 4. The van der Waals surface area contributed by atoms with Crippen molar-refractivity contribution in [2.24, 2.45) is 0 Å². The van der Waals surface area contributed by atoms with E-state index in [0.29, 0.717) is 31.1 Å². The predicted octanol–water partition coefficient (Wildman–Crippen LogP) is 3.56. The van der Waals surface area contributed by atoms with Crippen molar-refractivity contribution in [1.29, 1.82) is 0 Å². The molecule has 0 saturated carbocycles. The zero-order valence-electron chi connectivity index (χ0n) is 17.3. The van der Waals surface area contributed by atoms with Crippen molar-refractivity contribution in [3.05, 3.63) is 59.6 Å². The van der Waals surface area contributed by atoms with E-state index in [-0.39, 0.29) is 11.8 Å². The highest BCUT2D eigenvalue weighted by molar-refractivity contribution is 5.76. The Morgan fingerprint density at radius 1 is 1.27 bits per heavy atom. The van der Waals surface area contributed by atoms with Gasteiger partial charge in [0, 0.05) is 55.1 Å². The molecule has 1 aliphatic rings. The van der Waals surface area contributed by atoms with Crippen LogP contribution in [0.5, 0.6) is 0 Å². The zero-order chi connectivity index (χ0) is 20.9. The van der Waals surface area contributed by atoms with Gasteiger partial charge in [-0.05, 0) is 51.0 Å². The van der Waals surface area contributed by atoms with Gasteiger partial charge < -0.3 is 14.7 Å². The Hall–Kier alpha value is -3.29. The standard InChI is InChI=1S/C22H26N6O2/c1-15-12-18(26-20-7-3-4-10-23-20)13-19(24-15)17-6-5-11-28(14-17)22(29)9-8-21-25-16(2)27-30-21/h3-4,7,10,12-13,17H,5-6,8-9,11,14H2,1-2H3,(H,23,24,26)/t17-/m0/s1. The van der Waals surface area contributed by atoms with Crippen molar-refractivity contribution < 1.29 is 9.32 Å². The lowest BCUT2D eigenvalue weighted by Crippen LogP contribution is -2.39. The van der Waals surface area contributed by atoms with Gasteiger partial charge in [0.05, 0.1) is 0 Å². The van der Waals surface area contributed by atoms with E-state index in [2.05, 4.69) is 26.5 Å². The van der Waals surface area contributed by atoms with Crippen LogP contribution in [0.3, 0.4) is 0 Å². The Labute approximate surface area is 175 Å². The Balaban J connectivity index is 1.41. The summed E-state index contributed by atoms with van der Waals surface area (Å²) in [5.74, 6) is 2.24. The van der Waals surface area contributed by atoms with Gasteiger partial charge in [-0.15, -0.1) is 0 Å². The molecule has 30 heavy (non-hydrogen) atoms. The van der Waals surface area contributed by atoms with E-state index in [1.165, 1.54) is 0 Å². The minimum absolute atomic E-state index is 0.120.